The van der Waals surface area contributed by atoms with E-state index < -0.39 is 5.97 Å². The zero-order valence-corrected chi connectivity index (χ0v) is 12.3. The third-order valence-corrected chi connectivity index (χ3v) is 4.64. The maximum absolute atomic E-state index is 10.8. The second-order valence-corrected chi connectivity index (χ2v) is 6.13. The molecule has 0 unspecified atom stereocenters. The molecule has 2 atom stereocenters. The van der Waals surface area contributed by atoms with Crippen LogP contribution in [0.1, 0.15) is 56.9 Å². The molecular weight excluding hydrogens is 248 g/mol. The molecule has 1 N–H and O–H groups in total. The van der Waals surface area contributed by atoms with Gasteiger partial charge in [0.1, 0.15) is 0 Å². The molecule has 1 fully saturated rings. The highest BCUT2D eigenvalue weighted by Gasteiger charge is 2.28. The molecule has 0 spiro atoms. The lowest BCUT2D eigenvalue weighted by Crippen LogP contribution is -2.12. The summed E-state index contributed by atoms with van der Waals surface area (Å²) in [7, 11) is 0. The molecule has 0 amide bonds. The first-order chi connectivity index (χ1) is 9.75. The Morgan fingerprint density at radius 1 is 1.05 bits per heavy atom. The van der Waals surface area contributed by atoms with Crippen molar-refractivity contribution in [2.45, 2.75) is 57.8 Å². The van der Waals surface area contributed by atoms with Gasteiger partial charge in [-0.3, -0.25) is 4.79 Å². The minimum atomic E-state index is -0.619. The lowest BCUT2D eigenvalue weighted by Gasteiger charge is -2.17. The summed E-state index contributed by atoms with van der Waals surface area (Å²) >= 11 is 0. The summed E-state index contributed by atoms with van der Waals surface area (Å²) in [4.78, 5) is 10.8. The Hall–Kier alpha value is -1.31. The largest absolute Gasteiger partial charge is 0.481 e. The number of unbranched alkanes of at least 4 members (excludes halogenated alkanes) is 2. The van der Waals surface area contributed by atoms with Crippen LogP contribution in [0, 0.1) is 11.8 Å². The number of benzene rings is 1. The predicted octanol–water partition coefficient (Wildman–Crippen LogP) is 4.68. The zero-order chi connectivity index (χ0) is 14.2. The van der Waals surface area contributed by atoms with Crippen molar-refractivity contribution >= 4 is 5.97 Å². The Morgan fingerprint density at radius 2 is 1.80 bits per heavy atom. The van der Waals surface area contributed by atoms with E-state index in [1.807, 2.05) is 0 Å². The molecule has 1 aromatic carbocycles. The van der Waals surface area contributed by atoms with Gasteiger partial charge in [-0.2, -0.15) is 0 Å². The summed E-state index contributed by atoms with van der Waals surface area (Å²) in [6, 6.07) is 10.7. The van der Waals surface area contributed by atoms with Crippen LogP contribution in [0.25, 0.3) is 0 Å². The van der Waals surface area contributed by atoms with Crippen LogP contribution in [0.3, 0.4) is 0 Å². The number of carboxylic acid groups (broad SMARTS) is 1. The molecule has 0 aromatic heterocycles. The van der Waals surface area contributed by atoms with Crippen molar-refractivity contribution in [1.29, 1.82) is 0 Å². The Labute approximate surface area is 122 Å². The second kappa shape index (κ2) is 8.08. The fourth-order valence-electron chi connectivity index (χ4n) is 3.54. The number of hydrogen-bond donors (Lipinski definition) is 1. The molecule has 0 radical (unpaired) electrons. The first-order valence-electron chi connectivity index (χ1n) is 8.01. The fourth-order valence-corrected chi connectivity index (χ4v) is 3.54. The van der Waals surface area contributed by atoms with Gasteiger partial charge in [0.05, 0.1) is 0 Å². The number of carboxylic acids is 1. The van der Waals surface area contributed by atoms with E-state index in [0.29, 0.717) is 18.3 Å². The van der Waals surface area contributed by atoms with E-state index in [2.05, 4.69) is 30.3 Å². The molecule has 0 bridgehead atoms. The standard InChI is InChI=1S/C18H26O2/c19-18(20)14-17-13-7-12-16(17)11-6-2-5-10-15-8-3-1-4-9-15/h1,3-4,8-9,16-17H,2,5-7,10-14H2,(H,19,20)/t16-,17+/m0/s1. The van der Waals surface area contributed by atoms with Crippen LogP contribution < -0.4 is 0 Å². The summed E-state index contributed by atoms with van der Waals surface area (Å²) in [6.45, 7) is 0. The van der Waals surface area contributed by atoms with E-state index >= 15 is 0 Å². The van der Waals surface area contributed by atoms with Gasteiger partial charge in [0.2, 0.25) is 0 Å². The van der Waals surface area contributed by atoms with Gasteiger partial charge in [0.15, 0.2) is 0 Å². The van der Waals surface area contributed by atoms with Gasteiger partial charge < -0.3 is 5.11 Å². The van der Waals surface area contributed by atoms with Crippen molar-refractivity contribution in [3.63, 3.8) is 0 Å². The molecule has 1 aliphatic rings. The molecule has 2 nitrogen and oxygen atoms in total. The van der Waals surface area contributed by atoms with Gasteiger partial charge in [-0.15, -0.1) is 0 Å². The minimum Gasteiger partial charge on any atom is -0.481 e. The number of rotatable bonds is 8. The fraction of sp³-hybridized carbons (Fsp3) is 0.611. The lowest BCUT2D eigenvalue weighted by atomic mass is 9.88. The number of aryl methyl sites for hydroxylation is 1. The monoisotopic (exact) mass is 274 g/mol. The van der Waals surface area contributed by atoms with Crippen LogP contribution >= 0.6 is 0 Å². The zero-order valence-electron chi connectivity index (χ0n) is 12.3. The number of aliphatic carboxylic acids is 1. The quantitative estimate of drug-likeness (QED) is 0.699. The van der Waals surface area contributed by atoms with Crippen molar-refractivity contribution in [3.05, 3.63) is 35.9 Å². The molecular formula is C18H26O2. The molecule has 1 saturated carbocycles. The van der Waals surface area contributed by atoms with E-state index in [4.69, 9.17) is 5.11 Å². The van der Waals surface area contributed by atoms with Crippen molar-refractivity contribution in [3.8, 4) is 0 Å². The van der Waals surface area contributed by atoms with Crippen LogP contribution in [0.4, 0.5) is 0 Å². The summed E-state index contributed by atoms with van der Waals surface area (Å²) in [6.07, 6.45) is 10.2. The van der Waals surface area contributed by atoms with Crippen LogP contribution in [-0.4, -0.2) is 11.1 Å². The van der Waals surface area contributed by atoms with E-state index in [0.717, 1.165) is 6.42 Å². The average Bonchev–Trinajstić information content (AvgIpc) is 2.86. The molecule has 0 saturated heterocycles. The van der Waals surface area contributed by atoms with E-state index in [1.165, 1.54) is 50.5 Å². The Balaban J connectivity index is 1.59. The SMILES string of the molecule is O=C(O)C[C@H]1CCC[C@@H]1CCCCCc1ccccc1. The normalized spacial score (nSPS) is 22.0. The van der Waals surface area contributed by atoms with Crippen LogP contribution in [0.5, 0.6) is 0 Å². The van der Waals surface area contributed by atoms with Crippen molar-refractivity contribution in [2.24, 2.45) is 11.8 Å². The first kappa shape index (κ1) is 15.1. The molecule has 2 rings (SSSR count). The van der Waals surface area contributed by atoms with E-state index in [1.54, 1.807) is 0 Å². The molecule has 1 aromatic rings. The van der Waals surface area contributed by atoms with Crippen LogP contribution in [0.2, 0.25) is 0 Å². The number of carbonyl (C=O) groups is 1. The summed E-state index contributed by atoms with van der Waals surface area (Å²) in [5.74, 6) is 0.496. The van der Waals surface area contributed by atoms with E-state index in [9.17, 15) is 4.79 Å². The van der Waals surface area contributed by atoms with Crippen LogP contribution in [-0.2, 0) is 11.2 Å². The average molecular weight is 274 g/mol. The topological polar surface area (TPSA) is 37.3 Å². The molecule has 0 aliphatic heterocycles. The highest BCUT2D eigenvalue weighted by molar-refractivity contribution is 5.67. The summed E-state index contributed by atoms with van der Waals surface area (Å²) in [5, 5.41) is 8.93. The lowest BCUT2D eigenvalue weighted by molar-refractivity contribution is -0.138. The minimum absolute atomic E-state index is 0.384. The Morgan fingerprint density at radius 3 is 2.55 bits per heavy atom. The first-order valence-corrected chi connectivity index (χ1v) is 8.01. The van der Waals surface area contributed by atoms with Gasteiger partial charge >= 0.3 is 5.97 Å². The molecule has 0 heterocycles. The third kappa shape index (κ3) is 4.99. The van der Waals surface area contributed by atoms with Crippen LogP contribution in [0.15, 0.2) is 30.3 Å². The second-order valence-electron chi connectivity index (χ2n) is 6.13. The van der Waals surface area contributed by atoms with Crippen molar-refractivity contribution < 1.29 is 9.90 Å². The van der Waals surface area contributed by atoms with E-state index in [-0.39, 0.29) is 0 Å². The maximum Gasteiger partial charge on any atom is 0.303 e. The Bertz CT molecular complexity index is 399. The molecule has 1 aliphatic carbocycles. The van der Waals surface area contributed by atoms with Gasteiger partial charge in [0, 0.05) is 6.42 Å². The van der Waals surface area contributed by atoms with Gasteiger partial charge in [-0.25, -0.2) is 0 Å². The van der Waals surface area contributed by atoms with Gasteiger partial charge in [-0.05, 0) is 36.7 Å². The van der Waals surface area contributed by atoms with Crippen molar-refractivity contribution in [2.75, 3.05) is 0 Å². The smallest absolute Gasteiger partial charge is 0.303 e. The molecule has 20 heavy (non-hydrogen) atoms. The molecule has 110 valence electrons. The van der Waals surface area contributed by atoms with Gasteiger partial charge in [-0.1, -0.05) is 62.4 Å². The van der Waals surface area contributed by atoms with Crippen molar-refractivity contribution in [1.82, 2.24) is 0 Å². The predicted molar refractivity (Wildman–Crippen MR) is 81.7 cm³/mol. The summed E-state index contributed by atoms with van der Waals surface area (Å²) in [5.41, 5.74) is 1.43. The maximum atomic E-state index is 10.8. The highest BCUT2D eigenvalue weighted by Crippen LogP contribution is 2.37. The molecule has 2 heteroatoms. The summed E-state index contributed by atoms with van der Waals surface area (Å²) < 4.78 is 0. The third-order valence-electron chi connectivity index (χ3n) is 4.64. The van der Waals surface area contributed by atoms with Gasteiger partial charge in [0.25, 0.3) is 0 Å². The number of hydrogen-bond acceptors (Lipinski definition) is 1. The highest BCUT2D eigenvalue weighted by atomic mass is 16.4. The Kier molecular flexibility index (Phi) is 6.10.